The van der Waals surface area contributed by atoms with E-state index in [2.05, 4.69) is 105 Å². The second-order valence-electron chi connectivity index (χ2n) is 14.0. The first kappa shape index (κ1) is 32.5. The minimum atomic E-state index is 0.496. The van der Waals surface area contributed by atoms with Crippen molar-refractivity contribution in [2.75, 3.05) is 4.90 Å². The van der Waals surface area contributed by atoms with E-state index < -0.39 is 0 Å². The van der Waals surface area contributed by atoms with Crippen LogP contribution in [0.5, 0.6) is 0 Å². The zero-order chi connectivity index (χ0) is 37.7. The molecule has 7 nitrogen and oxygen atoms in total. The summed E-state index contributed by atoms with van der Waals surface area (Å²) in [5, 5.41) is 4.27. The zero-order valence-corrected chi connectivity index (χ0v) is 30.6. The van der Waals surface area contributed by atoms with E-state index in [0.29, 0.717) is 17.7 Å². The van der Waals surface area contributed by atoms with Crippen LogP contribution in [0, 0.1) is 0 Å². The number of fused-ring (bicyclic) bond motifs is 6. The van der Waals surface area contributed by atoms with Crippen molar-refractivity contribution in [3.63, 3.8) is 0 Å². The monoisotopic (exact) mass is 732 g/mol. The molecule has 0 N–H and O–H groups in total. The summed E-state index contributed by atoms with van der Waals surface area (Å²) in [7, 11) is 0. The topological polar surface area (TPSA) is 72.9 Å². The molecule has 11 aromatic rings. The van der Waals surface area contributed by atoms with Crippen molar-refractivity contribution in [1.82, 2.24) is 24.5 Å². The number of anilines is 3. The van der Waals surface area contributed by atoms with E-state index in [-0.39, 0.29) is 0 Å². The van der Waals surface area contributed by atoms with Gasteiger partial charge in [0, 0.05) is 56.3 Å². The van der Waals surface area contributed by atoms with Crippen molar-refractivity contribution in [3.8, 4) is 39.7 Å². The smallest absolute Gasteiger partial charge is 0.240 e. The Morgan fingerprint density at radius 1 is 0.421 bits per heavy atom. The Morgan fingerprint density at radius 2 is 1.09 bits per heavy atom. The lowest BCUT2D eigenvalue weighted by molar-refractivity contribution is 0.669. The van der Waals surface area contributed by atoms with Gasteiger partial charge in [0.25, 0.3) is 0 Å². The highest BCUT2D eigenvalue weighted by Crippen LogP contribution is 2.41. The highest BCUT2D eigenvalue weighted by molar-refractivity contribution is 6.17. The molecular formula is C50H32N6O. The summed E-state index contributed by atoms with van der Waals surface area (Å²) in [6, 6.07) is 64.3. The van der Waals surface area contributed by atoms with Crippen LogP contribution in [-0.4, -0.2) is 24.5 Å². The molecule has 0 bridgehead atoms. The standard InChI is InChI=1S/C50H32N6O/c1-4-15-33(16-5-1)48-52-49(55(37-19-6-2-7-20-37)38-21-8-3-9-22-38)54-50(53-48)56-44-27-26-35(34-17-14-18-36(29-34)43-24-12-13-28-51-43)30-40(44)41-31-42-39-23-10-11-25-46(39)57-47(42)32-45(41)56/h1-32H. The highest BCUT2D eigenvalue weighted by atomic mass is 16.3. The number of nitrogens with zero attached hydrogens (tertiary/aromatic N) is 6. The van der Waals surface area contributed by atoms with Gasteiger partial charge in [-0.3, -0.25) is 14.5 Å². The van der Waals surface area contributed by atoms with E-state index in [1.54, 1.807) is 0 Å². The molecule has 0 fully saturated rings. The molecular weight excluding hydrogens is 701 g/mol. The number of para-hydroxylation sites is 3. The molecule has 0 unspecified atom stereocenters. The quantitative estimate of drug-likeness (QED) is 0.162. The lowest BCUT2D eigenvalue weighted by Gasteiger charge is -2.24. The molecule has 0 amide bonds. The number of rotatable bonds is 7. The number of hydrogen-bond acceptors (Lipinski definition) is 6. The van der Waals surface area contributed by atoms with Crippen LogP contribution in [-0.2, 0) is 0 Å². The minimum absolute atomic E-state index is 0.496. The molecule has 4 aromatic heterocycles. The van der Waals surface area contributed by atoms with Crippen molar-refractivity contribution >= 4 is 61.1 Å². The van der Waals surface area contributed by atoms with Crippen LogP contribution >= 0.6 is 0 Å². The molecule has 4 heterocycles. The summed E-state index contributed by atoms with van der Waals surface area (Å²) in [5.74, 6) is 1.56. The van der Waals surface area contributed by atoms with Gasteiger partial charge >= 0.3 is 0 Å². The first-order valence-corrected chi connectivity index (χ1v) is 18.9. The summed E-state index contributed by atoms with van der Waals surface area (Å²) in [6.45, 7) is 0. The average Bonchev–Trinajstić information content (AvgIpc) is 3.81. The summed E-state index contributed by atoms with van der Waals surface area (Å²) in [5.41, 5.74) is 10.5. The first-order valence-electron chi connectivity index (χ1n) is 18.9. The van der Waals surface area contributed by atoms with Crippen LogP contribution in [0.1, 0.15) is 0 Å². The van der Waals surface area contributed by atoms with Crippen LogP contribution in [0.2, 0.25) is 0 Å². The third-order valence-corrected chi connectivity index (χ3v) is 10.5. The Labute approximate surface area is 327 Å². The summed E-state index contributed by atoms with van der Waals surface area (Å²) >= 11 is 0. The van der Waals surface area contributed by atoms with Gasteiger partial charge in [-0.25, -0.2) is 0 Å². The van der Waals surface area contributed by atoms with E-state index in [1.165, 1.54) is 0 Å². The van der Waals surface area contributed by atoms with Gasteiger partial charge in [0.15, 0.2) is 5.82 Å². The fourth-order valence-corrected chi connectivity index (χ4v) is 7.83. The van der Waals surface area contributed by atoms with Crippen molar-refractivity contribution < 1.29 is 4.42 Å². The Hall–Kier alpha value is -7.90. The zero-order valence-electron chi connectivity index (χ0n) is 30.6. The molecule has 57 heavy (non-hydrogen) atoms. The van der Waals surface area contributed by atoms with Gasteiger partial charge in [0.1, 0.15) is 11.2 Å². The van der Waals surface area contributed by atoms with E-state index in [1.807, 2.05) is 103 Å². The molecule has 0 aliphatic carbocycles. The Bertz CT molecular complexity index is 3190. The van der Waals surface area contributed by atoms with Crippen molar-refractivity contribution in [1.29, 1.82) is 0 Å². The fourth-order valence-electron chi connectivity index (χ4n) is 7.83. The van der Waals surface area contributed by atoms with Crippen molar-refractivity contribution in [2.24, 2.45) is 0 Å². The predicted molar refractivity (Wildman–Crippen MR) is 230 cm³/mol. The molecule has 0 spiro atoms. The minimum Gasteiger partial charge on any atom is -0.456 e. The maximum absolute atomic E-state index is 6.49. The van der Waals surface area contributed by atoms with Gasteiger partial charge in [-0.2, -0.15) is 15.0 Å². The van der Waals surface area contributed by atoms with Crippen molar-refractivity contribution in [3.05, 3.63) is 194 Å². The van der Waals surface area contributed by atoms with Gasteiger partial charge in [-0.15, -0.1) is 0 Å². The molecule has 0 aliphatic rings. The normalized spacial score (nSPS) is 11.5. The van der Waals surface area contributed by atoms with Crippen LogP contribution in [0.4, 0.5) is 17.3 Å². The summed E-state index contributed by atoms with van der Waals surface area (Å²) in [6.07, 6.45) is 1.83. The maximum Gasteiger partial charge on any atom is 0.240 e. The lowest BCUT2D eigenvalue weighted by Crippen LogP contribution is -2.16. The summed E-state index contributed by atoms with van der Waals surface area (Å²) < 4.78 is 8.64. The molecule has 0 radical (unpaired) electrons. The van der Waals surface area contributed by atoms with Crippen LogP contribution in [0.25, 0.3) is 83.5 Å². The van der Waals surface area contributed by atoms with Gasteiger partial charge in [-0.05, 0) is 77.9 Å². The van der Waals surface area contributed by atoms with E-state index in [4.69, 9.17) is 19.4 Å². The van der Waals surface area contributed by atoms with Crippen molar-refractivity contribution in [2.45, 2.75) is 0 Å². The second-order valence-corrected chi connectivity index (χ2v) is 14.0. The largest absolute Gasteiger partial charge is 0.456 e. The molecule has 268 valence electrons. The number of furan rings is 1. The second kappa shape index (κ2) is 13.4. The first-order chi connectivity index (χ1) is 28.2. The molecule has 0 saturated carbocycles. The van der Waals surface area contributed by atoms with E-state index in [9.17, 15) is 0 Å². The highest BCUT2D eigenvalue weighted by Gasteiger charge is 2.23. The molecule has 11 rings (SSSR count). The number of aromatic nitrogens is 5. The third-order valence-electron chi connectivity index (χ3n) is 10.5. The van der Waals surface area contributed by atoms with E-state index >= 15 is 0 Å². The van der Waals surface area contributed by atoms with Gasteiger partial charge in [0.05, 0.1) is 16.7 Å². The van der Waals surface area contributed by atoms with Gasteiger partial charge < -0.3 is 4.42 Å². The Morgan fingerprint density at radius 3 is 1.86 bits per heavy atom. The van der Waals surface area contributed by atoms with E-state index in [0.717, 1.165) is 83.1 Å². The molecule has 0 atom stereocenters. The molecule has 0 aliphatic heterocycles. The van der Waals surface area contributed by atoms with Crippen LogP contribution in [0.3, 0.4) is 0 Å². The fraction of sp³-hybridized carbons (Fsp3) is 0. The maximum atomic E-state index is 6.49. The van der Waals surface area contributed by atoms with Gasteiger partial charge in [0.2, 0.25) is 11.9 Å². The van der Waals surface area contributed by atoms with Crippen LogP contribution < -0.4 is 4.90 Å². The predicted octanol–water partition coefficient (Wildman–Crippen LogP) is 12.7. The summed E-state index contributed by atoms with van der Waals surface area (Å²) in [4.78, 5) is 22.4. The Balaban J connectivity index is 1.19. The molecule has 7 heteroatoms. The Kier molecular flexibility index (Phi) is 7.67. The number of benzene rings is 7. The molecule has 7 aromatic carbocycles. The molecule has 0 saturated heterocycles. The number of hydrogen-bond donors (Lipinski definition) is 0. The third kappa shape index (κ3) is 5.68. The SMILES string of the molecule is c1ccc(-c2nc(N(c3ccccc3)c3ccccc3)nc(-n3c4ccc(-c5cccc(-c6ccccn6)c5)cc4c4cc5c(cc43)oc3ccccc35)n2)cc1. The average molecular weight is 733 g/mol. The van der Waals surface area contributed by atoms with Gasteiger partial charge in [-0.1, -0.05) is 115 Å². The van der Waals surface area contributed by atoms with Crippen LogP contribution in [0.15, 0.2) is 199 Å². The lowest BCUT2D eigenvalue weighted by atomic mass is 9.99. The number of pyridine rings is 1.